The smallest absolute Gasteiger partial charge is 0.338 e. The summed E-state index contributed by atoms with van der Waals surface area (Å²) in [6.07, 6.45) is 1.05. The third kappa shape index (κ3) is 4.67. The summed E-state index contributed by atoms with van der Waals surface area (Å²) in [4.78, 5) is 24.4. The molecule has 0 N–H and O–H groups in total. The van der Waals surface area contributed by atoms with Crippen LogP contribution in [0, 0.1) is 6.92 Å². The summed E-state index contributed by atoms with van der Waals surface area (Å²) in [5, 5.41) is 0. The Balaban J connectivity index is 2.13. The van der Waals surface area contributed by atoms with E-state index in [-0.39, 0.29) is 16.2 Å². The molecule has 132 valence electrons. The SMILES string of the molecule is COc1cccc(C(=O)COC(=O)c2cc(S(C)(=O)=O)ccc2C)c1. The number of aryl methyl sites for hydroxylation is 1. The van der Waals surface area contributed by atoms with Crippen LogP contribution in [-0.4, -0.2) is 40.1 Å². The molecule has 25 heavy (non-hydrogen) atoms. The summed E-state index contributed by atoms with van der Waals surface area (Å²) in [5.41, 5.74) is 1.03. The molecule has 2 aromatic carbocycles. The van der Waals surface area contributed by atoms with Gasteiger partial charge in [-0.2, -0.15) is 0 Å². The highest BCUT2D eigenvalue weighted by Crippen LogP contribution is 2.17. The Kier molecular flexibility index (Phi) is 5.58. The van der Waals surface area contributed by atoms with E-state index >= 15 is 0 Å². The molecule has 0 fully saturated rings. The summed E-state index contributed by atoms with van der Waals surface area (Å²) in [6, 6.07) is 10.7. The Bertz CT molecular complexity index is 915. The zero-order valence-corrected chi connectivity index (χ0v) is 14.9. The summed E-state index contributed by atoms with van der Waals surface area (Å²) in [6.45, 7) is 1.21. The average Bonchev–Trinajstić information content (AvgIpc) is 2.58. The van der Waals surface area contributed by atoms with Gasteiger partial charge in [-0.3, -0.25) is 4.79 Å². The highest BCUT2D eigenvalue weighted by molar-refractivity contribution is 7.90. The predicted octanol–water partition coefficient (Wildman–Crippen LogP) is 2.45. The Morgan fingerprint density at radius 2 is 1.80 bits per heavy atom. The highest BCUT2D eigenvalue weighted by Gasteiger charge is 2.17. The van der Waals surface area contributed by atoms with E-state index < -0.39 is 22.4 Å². The van der Waals surface area contributed by atoms with Gasteiger partial charge in [-0.1, -0.05) is 18.2 Å². The molecule has 0 aromatic heterocycles. The van der Waals surface area contributed by atoms with Crippen molar-refractivity contribution in [1.29, 1.82) is 0 Å². The first kappa shape index (κ1) is 18.7. The minimum absolute atomic E-state index is 0.0178. The number of methoxy groups -OCH3 is 1. The standard InChI is InChI=1S/C18H18O6S/c1-12-7-8-15(25(3,21)22)10-16(12)18(20)24-11-17(19)13-5-4-6-14(9-13)23-2/h4-10H,11H2,1-3H3. The Morgan fingerprint density at radius 3 is 2.44 bits per heavy atom. The maximum absolute atomic E-state index is 12.2. The Labute approximate surface area is 146 Å². The number of carbonyl (C=O) groups excluding carboxylic acids is 2. The molecule has 0 saturated carbocycles. The van der Waals surface area contributed by atoms with Crippen LogP contribution >= 0.6 is 0 Å². The van der Waals surface area contributed by atoms with E-state index in [0.717, 1.165) is 6.26 Å². The van der Waals surface area contributed by atoms with Crippen LogP contribution in [0.1, 0.15) is 26.3 Å². The van der Waals surface area contributed by atoms with Crippen LogP contribution in [0.25, 0.3) is 0 Å². The Morgan fingerprint density at radius 1 is 1.08 bits per heavy atom. The molecule has 0 heterocycles. The van der Waals surface area contributed by atoms with Gasteiger partial charge in [0.2, 0.25) is 0 Å². The normalized spacial score (nSPS) is 11.0. The van der Waals surface area contributed by atoms with Gasteiger partial charge in [0.25, 0.3) is 0 Å². The number of Topliss-reactive ketones (excluding diaryl/α,β-unsaturated/α-hetero) is 1. The molecule has 0 amide bonds. The van der Waals surface area contributed by atoms with E-state index in [1.807, 2.05) is 0 Å². The fourth-order valence-corrected chi connectivity index (χ4v) is 2.79. The van der Waals surface area contributed by atoms with Crippen molar-refractivity contribution >= 4 is 21.6 Å². The average molecular weight is 362 g/mol. The van der Waals surface area contributed by atoms with Gasteiger partial charge in [0.15, 0.2) is 22.2 Å². The lowest BCUT2D eigenvalue weighted by Crippen LogP contribution is -2.15. The first-order valence-electron chi connectivity index (χ1n) is 7.37. The highest BCUT2D eigenvalue weighted by atomic mass is 32.2. The molecule has 7 heteroatoms. The number of esters is 1. The van der Waals surface area contributed by atoms with E-state index in [1.165, 1.54) is 25.3 Å². The molecule has 0 atom stereocenters. The van der Waals surface area contributed by atoms with Crippen LogP contribution in [0.5, 0.6) is 5.75 Å². The number of ketones is 1. The Hall–Kier alpha value is -2.67. The first-order chi connectivity index (χ1) is 11.7. The molecule has 0 aliphatic heterocycles. The molecule has 0 radical (unpaired) electrons. The van der Waals surface area contributed by atoms with Gasteiger partial charge in [0, 0.05) is 11.8 Å². The summed E-state index contributed by atoms with van der Waals surface area (Å²) >= 11 is 0. The third-order valence-electron chi connectivity index (χ3n) is 3.58. The second-order valence-electron chi connectivity index (χ2n) is 5.48. The van der Waals surface area contributed by atoms with Crippen LogP contribution in [0.3, 0.4) is 0 Å². The molecular weight excluding hydrogens is 344 g/mol. The van der Waals surface area contributed by atoms with Gasteiger partial charge in [0.05, 0.1) is 17.6 Å². The summed E-state index contributed by atoms with van der Waals surface area (Å²) in [7, 11) is -1.96. The van der Waals surface area contributed by atoms with Crippen LogP contribution in [0.4, 0.5) is 0 Å². The molecule has 0 saturated heterocycles. The van der Waals surface area contributed by atoms with Crippen LogP contribution in [0.15, 0.2) is 47.4 Å². The van der Waals surface area contributed by atoms with Gasteiger partial charge in [0.1, 0.15) is 5.75 Å². The van der Waals surface area contributed by atoms with Gasteiger partial charge in [-0.05, 0) is 36.8 Å². The maximum Gasteiger partial charge on any atom is 0.338 e. The third-order valence-corrected chi connectivity index (χ3v) is 4.69. The van der Waals surface area contributed by atoms with Gasteiger partial charge in [-0.15, -0.1) is 0 Å². The number of rotatable bonds is 6. The topological polar surface area (TPSA) is 86.7 Å². The zero-order chi connectivity index (χ0) is 18.6. The van der Waals surface area contributed by atoms with E-state index in [1.54, 1.807) is 31.2 Å². The quantitative estimate of drug-likeness (QED) is 0.579. The molecule has 0 aliphatic rings. The van der Waals surface area contributed by atoms with Crippen LogP contribution in [-0.2, 0) is 14.6 Å². The van der Waals surface area contributed by atoms with Crippen molar-refractivity contribution in [3.8, 4) is 5.75 Å². The van der Waals surface area contributed by atoms with Crippen molar-refractivity contribution < 1.29 is 27.5 Å². The number of hydrogen-bond acceptors (Lipinski definition) is 6. The molecule has 6 nitrogen and oxygen atoms in total. The largest absolute Gasteiger partial charge is 0.497 e. The molecule has 0 bridgehead atoms. The van der Waals surface area contributed by atoms with E-state index in [4.69, 9.17) is 9.47 Å². The van der Waals surface area contributed by atoms with Crippen molar-refractivity contribution in [2.24, 2.45) is 0 Å². The number of benzene rings is 2. The predicted molar refractivity (Wildman–Crippen MR) is 91.9 cm³/mol. The lowest BCUT2D eigenvalue weighted by atomic mass is 10.1. The van der Waals surface area contributed by atoms with Crippen molar-refractivity contribution in [3.05, 3.63) is 59.2 Å². The fourth-order valence-electron chi connectivity index (χ4n) is 2.14. The monoisotopic (exact) mass is 362 g/mol. The van der Waals surface area contributed by atoms with Gasteiger partial charge >= 0.3 is 5.97 Å². The molecule has 0 spiro atoms. The lowest BCUT2D eigenvalue weighted by molar-refractivity contribution is 0.0473. The molecule has 2 aromatic rings. The fraction of sp³-hybridized carbons (Fsp3) is 0.222. The van der Waals surface area contributed by atoms with Crippen molar-refractivity contribution in [3.63, 3.8) is 0 Å². The minimum atomic E-state index is -3.45. The van der Waals surface area contributed by atoms with Crippen molar-refractivity contribution in [2.75, 3.05) is 20.0 Å². The molecule has 2 rings (SSSR count). The van der Waals surface area contributed by atoms with Crippen molar-refractivity contribution in [2.45, 2.75) is 11.8 Å². The number of ether oxygens (including phenoxy) is 2. The van der Waals surface area contributed by atoms with Crippen LogP contribution < -0.4 is 4.74 Å². The van der Waals surface area contributed by atoms with Gasteiger partial charge in [-0.25, -0.2) is 13.2 Å². The zero-order valence-electron chi connectivity index (χ0n) is 14.1. The molecule has 0 unspecified atom stereocenters. The minimum Gasteiger partial charge on any atom is -0.497 e. The summed E-state index contributed by atoms with van der Waals surface area (Å²) in [5.74, 6) is -0.614. The molecule has 0 aliphatic carbocycles. The lowest BCUT2D eigenvalue weighted by Gasteiger charge is -2.09. The van der Waals surface area contributed by atoms with Crippen LogP contribution in [0.2, 0.25) is 0 Å². The first-order valence-corrected chi connectivity index (χ1v) is 9.26. The van der Waals surface area contributed by atoms with E-state index in [9.17, 15) is 18.0 Å². The second-order valence-corrected chi connectivity index (χ2v) is 7.50. The van der Waals surface area contributed by atoms with Crippen molar-refractivity contribution in [1.82, 2.24) is 0 Å². The van der Waals surface area contributed by atoms with E-state index in [2.05, 4.69) is 0 Å². The van der Waals surface area contributed by atoms with E-state index in [0.29, 0.717) is 16.9 Å². The number of carbonyl (C=O) groups is 2. The summed E-state index contributed by atoms with van der Waals surface area (Å²) < 4.78 is 33.3. The number of sulfone groups is 1. The second kappa shape index (κ2) is 7.48. The van der Waals surface area contributed by atoms with Gasteiger partial charge < -0.3 is 9.47 Å². The number of hydrogen-bond donors (Lipinski definition) is 0. The maximum atomic E-state index is 12.2. The molecular formula is C18H18O6S.